The molecule has 1 aromatic heterocycles. The summed E-state index contributed by atoms with van der Waals surface area (Å²) in [5.41, 5.74) is 1.63. The topological polar surface area (TPSA) is 49.9 Å². The number of halogens is 2. The van der Waals surface area contributed by atoms with Crippen LogP contribution in [0.5, 0.6) is 5.75 Å². The van der Waals surface area contributed by atoms with Crippen LogP contribution in [0.15, 0.2) is 36.8 Å². The van der Waals surface area contributed by atoms with Crippen molar-refractivity contribution in [1.29, 1.82) is 0 Å². The SMILES string of the molecule is CC(NCc1cnc[nH]1)c1ccccc1OC(F)F. The van der Waals surface area contributed by atoms with Crippen molar-refractivity contribution in [3.05, 3.63) is 48.0 Å². The first-order valence-corrected chi connectivity index (χ1v) is 5.91. The third-order valence-corrected chi connectivity index (χ3v) is 2.76. The number of benzene rings is 1. The summed E-state index contributed by atoms with van der Waals surface area (Å²) in [7, 11) is 0. The first-order valence-electron chi connectivity index (χ1n) is 5.91. The Balaban J connectivity index is 2.03. The van der Waals surface area contributed by atoms with E-state index in [4.69, 9.17) is 0 Å². The van der Waals surface area contributed by atoms with Gasteiger partial charge in [-0.3, -0.25) is 0 Å². The molecule has 0 radical (unpaired) electrons. The van der Waals surface area contributed by atoms with Gasteiger partial charge in [-0.25, -0.2) is 4.98 Å². The highest BCUT2D eigenvalue weighted by Gasteiger charge is 2.14. The zero-order valence-electron chi connectivity index (χ0n) is 10.4. The van der Waals surface area contributed by atoms with E-state index in [1.165, 1.54) is 6.07 Å². The highest BCUT2D eigenvalue weighted by Crippen LogP contribution is 2.26. The van der Waals surface area contributed by atoms with Gasteiger partial charge in [0.15, 0.2) is 0 Å². The van der Waals surface area contributed by atoms with Crippen molar-refractivity contribution in [2.75, 3.05) is 0 Å². The van der Waals surface area contributed by atoms with Gasteiger partial charge in [-0.05, 0) is 13.0 Å². The highest BCUT2D eigenvalue weighted by molar-refractivity contribution is 5.35. The van der Waals surface area contributed by atoms with Gasteiger partial charge in [-0.15, -0.1) is 0 Å². The van der Waals surface area contributed by atoms with E-state index >= 15 is 0 Å². The molecule has 1 heterocycles. The second kappa shape index (κ2) is 6.29. The van der Waals surface area contributed by atoms with Crippen molar-refractivity contribution in [3.8, 4) is 5.75 Å². The quantitative estimate of drug-likeness (QED) is 0.846. The number of hydrogen-bond acceptors (Lipinski definition) is 3. The predicted molar refractivity (Wildman–Crippen MR) is 66.9 cm³/mol. The second-order valence-electron chi connectivity index (χ2n) is 4.10. The smallest absolute Gasteiger partial charge is 0.387 e. The summed E-state index contributed by atoms with van der Waals surface area (Å²) >= 11 is 0. The predicted octanol–water partition coefficient (Wildman–Crippen LogP) is 2.86. The van der Waals surface area contributed by atoms with Crippen molar-refractivity contribution >= 4 is 0 Å². The molecular formula is C13H15F2N3O. The minimum atomic E-state index is -2.82. The van der Waals surface area contributed by atoms with Crippen LogP contribution in [0.2, 0.25) is 0 Å². The number of H-pyrrole nitrogens is 1. The molecule has 0 saturated heterocycles. The second-order valence-corrected chi connectivity index (χ2v) is 4.10. The maximum atomic E-state index is 12.3. The van der Waals surface area contributed by atoms with Crippen LogP contribution in [0.3, 0.4) is 0 Å². The summed E-state index contributed by atoms with van der Waals surface area (Å²) in [5, 5.41) is 3.22. The van der Waals surface area contributed by atoms with Crippen LogP contribution >= 0.6 is 0 Å². The molecule has 2 rings (SSSR count). The normalized spacial score (nSPS) is 12.6. The summed E-state index contributed by atoms with van der Waals surface area (Å²) in [6.45, 7) is -0.352. The lowest BCUT2D eigenvalue weighted by Gasteiger charge is -2.17. The highest BCUT2D eigenvalue weighted by atomic mass is 19.3. The molecule has 6 heteroatoms. The van der Waals surface area contributed by atoms with Crippen LogP contribution in [0, 0.1) is 0 Å². The number of nitrogens with zero attached hydrogens (tertiary/aromatic N) is 1. The Labute approximate surface area is 109 Å². The van der Waals surface area contributed by atoms with Crippen molar-refractivity contribution in [1.82, 2.24) is 15.3 Å². The molecule has 2 N–H and O–H groups in total. The maximum Gasteiger partial charge on any atom is 0.387 e. The van der Waals surface area contributed by atoms with E-state index in [1.54, 1.807) is 30.7 Å². The molecule has 1 aromatic carbocycles. The molecule has 0 bridgehead atoms. The summed E-state index contributed by atoms with van der Waals surface area (Å²) < 4.78 is 29.1. The molecule has 1 unspecified atom stereocenters. The number of ether oxygens (including phenoxy) is 1. The van der Waals surface area contributed by atoms with Crippen molar-refractivity contribution < 1.29 is 13.5 Å². The fourth-order valence-corrected chi connectivity index (χ4v) is 1.80. The van der Waals surface area contributed by atoms with Crippen LogP contribution in [0.1, 0.15) is 24.2 Å². The molecule has 1 atom stereocenters. The van der Waals surface area contributed by atoms with Crippen LogP contribution < -0.4 is 10.1 Å². The average Bonchev–Trinajstić information content (AvgIpc) is 2.89. The third kappa shape index (κ3) is 3.75. The summed E-state index contributed by atoms with van der Waals surface area (Å²) in [6.07, 6.45) is 3.30. The van der Waals surface area contributed by atoms with Crippen molar-refractivity contribution in [3.63, 3.8) is 0 Å². The number of hydrogen-bond donors (Lipinski definition) is 2. The lowest BCUT2D eigenvalue weighted by molar-refractivity contribution is -0.0506. The minimum absolute atomic E-state index is 0.113. The van der Waals surface area contributed by atoms with Gasteiger partial charge in [0.1, 0.15) is 5.75 Å². The standard InChI is InChI=1S/C13H15F2N3O/c1-9(17-7-10-6-16-8-18-10)11-4-2-3-5-12(11)19-13(14)15/h2-6,8-9,13,17H,7H2,1H3,(H,16,18). The number of alkyl halides is 2. The van der Waals surface area contributed by atoms with E-state index in [0.29, 0.717) is 12.1 Å². The first-order chi connectivity index (χ1) is 9.16. The molecule has 0 amide bonds. The lowest BCUT2D eigenvalue weighted by atomic mass is 10.1. The van der Waals surface area contributed by atoms with Crippen LogP contribution in [-0.2, 0) is 6.54 Å². The zero-order valence-corrected chi connectivity index (χ0v) is 10.4. The van der Waals surface area contributed by atoms with Gasteiger partial charge in [0, 0.05) is 30.0 Å². The van der Waals surface area contributed by atoms with Crippen LogP contribution in [-0.4, -0.2) is 16.6 Å². The Hall–Kier alpha value is -1.95. The molecule has 4 nitrogen and oxygen atoms in total. The maximum absolute atomic E-state index is 12.3. The first kappa shape index (κ1) is 13.5. The van der Waals surface area contributed by atoms with E-state index in [1.807, 2.05) is 6.92 Å². The molecule has 102 valence electrons. The van der Waals surface area contributed by atoms with E-state index < -0.39 is 6.61 Å². The van der Waals surface area contributed by atoms with Gasteiger partial charge in [0.2, 0.25) is 0 Å². The molecule has 0 aliphatic carbocycles. The number of aromatic nitrogens is 2. The van der Waals surface area contributed by atoms with Gasteiger partial charge in [0.05, 0.1) is 6.33 Å². The molecular weight excluding hydrogens is 252 g/mol. The molecule has 0 saturated carbocycles. The third-order valence-electron chi connectivity index (χ3n) is 2.76. The van der Waals surface area contributed by atoms with E-state index in [2.05, 4.69) is 20.0 Å². The van der Waals surface area contributed by atoms with Gasteiger partial charge < -0.3 is 15.0 Å². The van der Waals surface area contributed by atoms with E-state index in [0.717, 1.165) is 5.69 Å². The van der Waals surface area contributed by atoms with Gasteiger partial charge in [-0.2, -0.15) is 8.78 Å². The number of rotatable bonds is 6. The number of para-hydroxylation sites is 1. The molecule has 0 spiro atoms. The lowest BCUT2D eigenvalue weighted by Crippen LogP contribution is -2.19. The summed E-state index contributed by atoms with van der Waals surface area (Å²) in [6, 6.07) is 6.65. The van der Waals surface area contributed by atoms with E-state index in [-0.39, 0.29) is 11.8 Å². The molecule has 19 heavy (non-hydrogen) atoms. The molecule has 0 aliphatic heterocycles. The van der Waals surface area contributed by atoms with Crippen molar-refractivity contribution in [2.24, 2.45) is 0 Å². The van der Waals surface area contributed by atoms with Gasteiger partial charge >= 0.3 is 6.61 Å². The molecule has 0 aliphatic rings. The van der Waals surface area contributed by atoms with Crippen molar-refractivity contribution in [2.45, 2.75) is 26.1 Å². The average molecular weight is 267 g/mol. The fourth-order valence-electron chi connectivity index (χ4n) is 1.80. The zero-order chi connectivity index (χ0) is 13.7. The minimum Gasteiger partial charge on any atom is -0.434 e. The Morgan fingerprint density at radius 1 is 1.37 bits per heavy atom. The number of aromatic amines is 1. The summed E-state index contributed by atoms with van der Waals surface area (Å²) in [5.74, 6) is 0.196. The Morgan fingerprint density at radius 3 is 2.84 bits per heavy atom. The van der Waals surface area contributed by atoms with Gasteiger partial charge in [-0.1, -0.05) is 18.2 Å². The largest absolute Gasteiger partial charge is 0.434 e. The Morgan fingerprint density at radius 2 is 2.16 bits per heavy atom. The fraction of sp³-hybridized carbons (Fsp3) is 0.308. The Kier molecular flexibility index (Phi) is 4.46. The number of nitrogens with one attached hydrogen (secondary N) is 2. The summed E-state index contributed by atoms with van der Waals surface area (Å²) in [4.78, 5) is 6.88. The van der Waals surface area contributed by atoms with Crippen LogP contribution in [0.4, 0.5) is 8.78 Å². The Bertz CT molecular complexity index is 502. The monoisotopic (exact) mass is 267 g/mol. The van der Waals surface area contributed by atoms with Gasteiger partial charge in [0.25, 0.3) is 0 Å². The molecule has 2 aromatic rings. The van der Waals surface area contributed by atoms with Crippen LogP contribution in [0.25, 0.3) is 0 Å². The molecule has 0 fully saturated rings. The number of imidazole rings is 1. The van der Waals surface area contributed by atoms with E-state index in [9.17, 15) is 8.78 Å².